The molecule has 0 amide bonds. The molecule has 0 spiro atoms. The average molecular weight is 572 g/mol. The maximum absolute atomic E-state index is 8.52. The molecule has 7 rings (SSSR count). The van der Waals surface area contributed by atoms with Crippen molar-refractivity contribution in [3.05, 3.63) is 114 Å². The van der Waals surface area contributed by atoms with E-state index in [1.54, 1.807) is 0 Å². The summed E-state index contributed by atoms with van der Waals surface area (Å²) in [6.07, 6.45) is 0. The highest BCUT2D eigenvalue weighted by molar-refractivity contribution is 6.89. The molecule has 2 aromatic heterocycles. The van der Waals surface area contributed by atoms with Crippen molar-refractivity contribution in [1.29, 1.82) is 0 Å². The third-order valence-corrected chi connectivity index (χ3v) is 10.6. The molecule has 0 aliphatic heterocycles. The van der Waals surface area contributed by atoms with Gasteiger partial charge in [0.25, 0.3) is 5.82 Å². The third kappa shape index (κ3) is 3.97. The molecule has 0 N–H and O–H groups in total. The first-order chi connectivity index (χ1) is 22.6. The Balaban J connectivity index is 1.69. The monoisotopic (exact) mass is 571 g/mol. The molecule has 2 heterocycles. The van der Waals surface area contributed by atoms with Gasteiger partial charge >= 0.3 is 0 Å². The highest BCUT2D eigenvalue weighted by atomic mass is 28.3. The zero-order valence-corrected chi connectivity index (χ0v) is 25.5. The molecule has 0 aliphatic carbocycles. The smallest absolute Gasteiger partial charge is 0.298 e. The second kappa shape index (κ2) is 9.57. The second-order valence-corrected chi connectivity index (χ2v) is 17.2. The number of fused-ring (bicyclic) bond motifs is 4. The molecular formula is C38H37N2OSi+. The van der Waals surface area contributed by atoms with Gasteiger partial charge in [0.2, 0.25) is 0 Å². The van der Waals surface area contributed by atoms with Crippen LogP contribution in [0.2, 0.25) is 19.6 Å². The molecule has 0 radical (unpaired) electrons. The van der Waals surface area contributed by atoms with Crippen molar-refractivity contribution in [2.24, 2.45) is 7.05 Å². The van der Waals surface area contributed by atoms with Crippen LogP contribution in [0.3, 0.4) is 0 Å². The van der Waals surface area contributed by atoms with E-state index in [0.717, 1.165) is 44.1 Å². The zero-order chi connectivity index (χ0) is 34.3. The minimum Gasteiger partial charge on any atom is -0.455 e. The van der Waals surface area contributed by atoms with E-state index in [4.69, 9.17) is 12.6 Å². The van der Waals surface area contributed by atoms with E-state index in [9.17, 15) is 0 Å². The van der Waals surface area contributed by atoms with E-state index in [2.05, 4.69) is 56.9 Å². The lowest BCUT2D eigenvalue weighted by atomic mass is 10.00. The van der Waals surface area contributed by atoms with Gasteiger partial charge in [0.15, 0.2) is 16.6 Å². The maximum Gasteiger partial charge on any atom is 0.298 e. The zero-order valence-electron chi connectivity index (χ0n) is 30.5. The quantitative estimate of drug-likeness (QED) is 0.152. The number of aromatic nitrogens is 2. The molecule has 4 heteroatoms. The maximum atomic E-state index is 8.52. The van der Waals surface area contributed by atoms with Crippen molar-refractivity contribution in [3.63, 3.8) is 0 Å². The fourth-order valence-electron chi connectivity index (χ4n) is 6.47. The summed E-state index contributed by atoms with van der Waals surface area (Å²) >= 11 is 0. The molecule has 0 unspecified atom stereocenters. The molecule has 3 nitrogen and oxygen atoms in total. The van der Waals surface area contributed by atoms with Gasteiger partial charge in [-0.2, -0.15) is 4.57 Å². The molecule has 0 bridgehead atoms. The topological polar surface area (TPSA) is 21.9 Å². The molecular weight excluding hydrogens is 529 g/mol. The number of para-hydroxylation sites is 3. The van der Waals surface area contributed by atoms with Crippen LogP contribution in [-0.2, 0) is 7.05 Å². The van der Waals surface area contributed by atoms with Crippen molar-refractivity contribution in [2.45, 2.75) is 40.3 Å². The fraction of sp³-hybridized carbons (Fsp3) is 0.184. The Bertz CT molecular complexity index is 2350. The van der Waals surface area contributed by atoms with Gasteiger partial charge in [-0.15, -0.1) is 0 Å². The summed E-state index contributed by atoms with van der Waals surface area (Å²) in [6.45, 7) is 3.90. The molecule has 42 heavy (non-hydrogen) atoms. The van der Waals surface area contributed by atoms with Gasteiger partial charge in [-0.25, -0.2) is 4.57 Å². The number of nitrogens with zero attached hydrogens (tertiary/aromatic N) is 2. The van der Waals surface area contributed by atoms with E-state index in [1.807, 2.05) is 64.7 Å². The van der Waals surface area contributed by atoms with E-state index < -0.39 is 21.8 Å². The number of hydrogen-bond donors (Lipinski definition) is 0. The first-order valence-corrected chi connectivity index (χ1v) is 17.8. The first kappa shape index (κ1) is 20.5. The van der Waals surface area contributed by atoms with Crippen LogP contribution in [0.1, 0.15) is 24.9 Å². The Morgan fingerprint density at radius 2 is 1.48 bits per heavy atom. The van der Waals surface area contributed by atoms with Crippen molar-refractivity contribution in [3.8, 4) is 28.2 Å². The van der Waals surface area contributed by atoms with Gasteiger partial charge in [0.1, 0.15) is 16.8 Å². The summed E-state index contributed by atoms with van der Waals surface area (Å²) < 4.78 is 61.8. The number of rotatable bonds is 4. The largest absolute Gasteiger partial charge is 0.455 e. The van der Waals surface area contributed by atoms with E-state index in [0.29, 0.717) is 16.9 Å². The highest BCUT2D eigenvalue weighted by Crippen LogP contribution is 2.41. The predicted molar refractivity (Wildman–Crippen MR) is 180 cm³/mol. The third-order valence-electron chi connectivity index (χ3n) is 8.43. The van der Waals surface area contributed by atoms with E-state index in [-0.39, 0.29) is 16.8 Å². The number of benzene rings is 5. The summed E-state index contributed by atoms with van der Waals surface area (Å²) in [6, 6.07) is 31.1. The van der Waals surface area contributed by atoms with Crippen molar-refractivity contribution in [1.82, 2.24) is 4.57 Å². The van der Waals surface area contributed by atoms with Crippen LogP contribution in [-0.4, -0.2) is 12.6 Å². The molecule has 0 fully saturated rings. The van der Waals surface area contributed by atoms with Gasteiger partial charge in [0.05, 0.1) is 15.1 Å². The van der Waals surface area contributed by atoms with Crippen LogP contribution in [0.5, 0.6) is 0 Å². The molecule has 0 aliphatic rings. The van der Waals surface area contributed by atoms with Crippen LogP contribution in [0.15, 0.2) is 101 Å². The molecule has 208 valence electrons. The number of aryl methyl sites for hydroxylation is 3. The molecule has 0 saturated carbocycles. The Hall–Kier alpha value is -4.41. The normalized spacial score (nSPS) is 14.9. The first-order valence-electron chi connectivity index (χ1n) is 17.3. The Morgan fingerprint density at radius 3 is 2.19 bits per heavy atom. The van der Waals surface area contributed by atoms with Crippen molar-refractivity contribution >= 4 is 46.2 Å². The molecule has 0 atom stereocenters. The number of hydrogen-bond acceptors (Lipinski definition) is 1. The van der Waals surface area contributed by atoms with E-state index in [1.165, 1.54) is 23.4 Å². The summed E-state index contributed by atoms with van der Waals surface area (Å²) in [5.41, 5.74) is 7.10. The number of imidazole rings is 1. The molecule has 0 saturated heterocycles. The Kier molecular flexibility index (Phi) is 4.66. The van der Waals surface area contributed by atoms with Crippen molar-refractivity contribution < 1.29 is 17.2 Å². The van der Waals surface area contributed by atoms with Gasteiger partial charge < -0.3 is 4.42 Å². The summed E-state index contributed by atoms with van der Waals surface area (Å²) in [7, 11) is -0.0244. The minimum atomic E-state index is -2.57. The Labute approximate surface area is 257 Å². The SMILES string of the molecule is [2H]C([2H])([2H])c1cccc(C([2H])([2H])[2H])c1-n1c(-c2c(C)c([Si](C)(C)C)cc3c2oc2ccc(-c4ccccc4)cc23)[n+](C)c2ccccc21. The van der Waals surface area contributed by atoms with Gasteiger partial charge in [-0.1, -0.05) is 97.6 Å². The fourth-order valence-corrected chi connectivity index (χ4v) is 8.29. The van der Waals surface area contributed by atoms with Gasteiger partial charge in [-0.05, 0) is 72.7 Å². The summed E-state index contributed by atoms with van der Waals surface area (Å²) in [5, 5.41) is 3.20. The Morgan fingerprint density at radius 1 is 0.762 bits per heavy atom. The lowest BCUT2D eigenvalue weighted by Gasteiger charge is -2.22. The van der Waals surface area contributed by atoms with E-state index >= 15 is 0 Å². The minimum absolute atomic E-state index is 0.0221. The lowest BCUT2D eigenvalue weighted by Crippen LogP contribution is -2.40. The summed E-state index contributed by atoms with van der Waals surface area (Å²) in [5.74, 6) is 0.656. The highest BCUT2D eigenvalue weighted by Gasteiger charge is 2.34. The predicted octanol–water partition coefficient (Wildman–Crippen LogP) is 9.16. The average Bonchev–Trinajstić information content (AvgIpc) is 3.53. The van der Waals surface area contributed by atoms with Crippen LogP contribution in [0.25, 0.3) is 61.2 Å². The van der Waals surface area contributed by atoms with Gasteiger partial charge in [0, 0.05) is 19.0 Å². The molecule has 7 aromatic rings. The van der Waals surface area contributed by atoms with Crippen LogP contribution >= 0.6 is 0 Å². The summed E-state index contributed by atoms with van der Waals surface area (Å²) in [4.78, 5) is 0. The van der Waals surface area contributed by atoms with Crippen LogP contribution < -0.4 is 9.75 Å². The standard InChI is InChI=1S/C38H37N2OSi/c1-24-14-13-15-25(2)36(24)40-32-19-12-11-18-31(32)39(4)38(40)35-26(3)34(42(5,6)7)23-30-29-22-28(27-16-9-8-10-17-27)20-21-33(29)41-37(30)35/h8-23H,1-7H3/q+1/i1D3,2D3. The van der Waals surface area contributed by atoms with Gasteiger partial charge in [-0.3, -0.25) is 0 Å². The van der Waals surface area contributed by atoms with Crippen LogP contribution in [0, 0.1) is 20.6 Å². The van der Waals surface area contributed by atoms with Crippen LogP contribution in [0.4, 0.5) is 0 Å². The second-order valence-electron chi connectivity index (χ2n) is 12.1. The van der Waals surface area contributed by atoms with Crippen molar-refractivity contribution in [2.75, 3.05) is 0 Å². The lowest BCUT2D eigenvalue weighted by molar-refractivity contribution is -0.633. The number of furan rings is 1. The molecule has 5 aromatic carbocycles.